The number of aromatic nitrogens is 6. The van der Waals surface area contributed by atoms with Crippen molar-refractivity contribution in [2.45, 2.75) is 42.1 Å². The summed E-state index contributed by atoms with van der Waals surface area (Å²) in [5.74, 6) is -1.44. The normalized spacial score (nSPS) is 21.4. The number of tetrazole rings is 1. The molecule has 0 bridgehead atoms. The summed E-state index contributed by atoms with van der Waals surface area (Å²) in [6.07, 6.45) is 2.70. The molecule has 6 rings (SSSR count). The number of β-lactam (4-membered cyclic amide) rings is 1. The van der Waals surface area contributed by atoms with Crippen LogP contribution in [-0.2, 0) is 9.59 Å². The Balaban J connectivity index is 0.00000202. The number of pyridine rings is 2. The Morgan fingerprint density at radius 3 is 2.66 bits per heavy atom. The third-order valence-corrected chi connectivity index (χ3v) is 8.56. The first-order chi connectivity index (χ1) is 19.2. The van der Waals surface area contributed by atoms with E-state index < -0.39 is 40.1 Å². The van der Waals surface area contributed by atoms with E-state index in [9.17, 15) is 24.3 Å². The van der Waals surface area contributed by atoms with E-state index >= 15 is 0 Å². The van der Waals surface area contributed by atoms with Gasteiger partial charge in [-0.15, -0.1) is 22.0 Å². The molecule has 1 aromatic carbocycles. The molecule has 4 aromatic rings. The van der Waals surface area contributed by atoms with Crippen molar-refractivity contribution in [2.24, 2.45) is 0 Å². The fourth-order valence-electron chi connectivity index (χ4n) is 5.08. The minimum atomic E-state index is -1.28. The molecule has 2 aliphatic rings. The smallest absolute Gasteiger partial charge is 1.00 e. The summed E-state index contributed by atoms with van der Waals surface area (Å²) in [5.41, 5.74) is 0.0501. The number of benzene rings is 1. The maximum Gasteiger partial charge on any atom is 1.00 e. The van der Waals surface area contributed by atoms with Gasteiger partial charge in [0.05, 0.1) is 5.52 Å². The molecule has 3 amide bonds. The van der Waals surface area contributed by atoms with Crippen LogP contribution in [0.1, 0.15) is 49.1 Å². The van der Waals surface area contributed by atoms with E-state index in [1.165, 1.54) is 48.4 Å². The molecule has 5 heterocycles. The zero-order valence-electron chi connectivity index (χ0n) is 23.2. The van der Waals surface area contributed by atoms with E-state index in [4.69, 9.17) is 0 Å². The van der Waals surface area contributed by atoms with Gasteiger partial charge in [0.2, 0.25) is 17.2 Å². The van der Waals surface area contributed by atoms with Crippen LogP contribution in [0.5, 0.6) is 5.75 Å². The van der Waals surface area contributed by atoms with Gasteiger partial charge in [-0.3, -0.25) is 24.2 Å². The van der Waals surface area contributed by atoms with Crippen molar-refractivity contribution in [3.8, 4) is 5.75 Å². The number of H-pyrrole nitrogens is 2. The van der Waals surface area contributed by atoms with Gasteiger partial charge < -0.3 is 27.1 Å². The summed E-state index contributed by atoms with van der Waals surface area (Å²) >= 11 is 1.50. The van der Waals surface area contributed by atoms with Crippen LogP contribution in [0.25, 0.3) is 11.0 Å². The molecule has 16 heteroatoms. The topological polar surface area (TPSA) is 199 Å². The van der Waals surface area contributed by atoms with Crippen molar-refractivity contribution in [2.75, 3.05) is 0 Å². The molecule has 2 saturated heterocycles. The van der Waals surface area contributed by atoms with Crippen LogP contribution in [-0.4, -0.2) is 74.5 Å². The van der Waals surface area contributed by atoms with E-state index in [1.807, 2.05) is 13.8 Å². The van der Waals surface area contributed by atoms with Crippen LogP contribution in [0.4, 0.5) is 0 Å². The first kappa shape index (κ1) is 29.3. The quantitative estimate of drug-likeness (QED) is 0.118. The number of carbonyl (C=O) groups is 3. The molecular formula is C25H24KN9O5S. The van der Waals surface area contributed by atoms with Crippen LogP contribution in [0.2, 0.25) is 0 Å². The average Bonchev–Trinajstić information content (AvgIpc) is 3.55. The van der Waals surface area contributed by atoms with Crippen molar-refractivity contribution in [1.29, 1.82) is 0 Å². The largest absolute Gasteiger partial charge is 1.00 e. The van der Waals surface area contributed by atoms with Gasteiger partial charge >= 0.3 is 51.4 Å². The molecule has 14 nitrogen and oxygen atoms in total. The number of phenols is 1. The number of thioether (sulfide) groups is 1. The van der Waals surface area contributed by atoms with Gasteiger partial charge in [0, 0.05) is 17.1 Å². The first-order valence-electron chi connectivity index (χ1n) is 12.3. The standard InChI is InChI=1S/C25H23N9O5S.K.H/c1-25(2)19(20-30-32-33-31-20)34-23(39)17(24(34)40-25)29-22(38)15(11-5-7-12(35)8-6-11)28-21(37)13-10-27-14-4-3-9-26-16(14)18(13)36;;/h3-10,15,17,19,24,35H,1-2H3,(H,27,36)(H,28,37)(H,29,38)(H,30,31,32,33);;/q;+1;-1/t15?,17?,19?,24-;;/m1../s1. The monoisotopic (exact) mass is 601 g/mol. The fraction of sp³-hybridized carbons (Fsp3) is 0.280. The van der Waals surface area contributed by atoms with Gasteiger partial charge in [-0.25, -0.2) is 0 Å². The van der Waals surface area contributed by atoms with Crippen molar-refractivity contribution >= 4 is 40.5 Å². The van der Waals surface area contributed by atoms with Gasteiger partial charge in [-0.2, -0.15) is 5.21 Å². The molecule has 0 radical (unpaired) electrons. The van der Waals surface area contributed by atoms with Gasteiger partial charge in [0.15, 0.2) is 5.82 Å². The maximum atomic E-state index is 13.6. The van der Waals surface area contributed by atoms with Gasteiger partial charge in [-0.1, -0.05) is 17.3 Å². The summed E-state index contributed by atoms with van der Waals surface area (Å²) in [6.45, 7) is 3.91. The summed E-state index contributed by atoms with van der Waals surface area (Å²) in [4.78, 5) is 61.6. The summed E-state index contributed by atoms with van der Waals surface area (Å²) in [6, 6.07) is 6.41. The molecule has 0 aliphatic carbocycles. The molecule has 0 spiro atoms. The molecular weight excluding hydrogens is 577 g/mol. The van der Waals surface area contributed by atoms with E-state index in [-0.39, 0.29) is 80.9 Å². The number of aromatic hydroxyl groups is 1. The van der Waals surface area contributed by atoms with Crippen molar-refractivity contribution in [3.63, 3.8) is 0 Å². The Kier molecular flexibility index (Phi) is 8.06. The number of hydrogen-bond acceptors (Lipinski definition) is 10. The molecule has 4 atom stereocenters. The SMILES string of the molecule is CC1(C)S[C@@H]2C(NC(=O)C(NC(=O)c3c[nH]c4cccnc4c3=O)c3ccc(O)cc3)C(=O)N2C1c1nn[nH]n1.[H-].[K+]. The Bertz CT molecular complexity index is 1700. The predicted octanol–water partition coefficient (Wildman–Crippen LogP) is -2.35. The van der Waals surface area contributed by atoms with Crippen LogP contribution in [0, 0.1) is 0 Å². The number of nitrogens with zero attached hydrogens (tertiary/aromatic N) is 5. The van der Waals surface area contributed by atoms with Gasteiger partial charge in [-0.05, 0) is 43.7 Å². The second-order valence-electron chi connectivity index (χ2n) is 9.95. The number of phenolic OH excluding ortho intramolecular Hbond substituents is 1. The second kappa shape index (κ2) is 11.3. The van der Waals surface area contributed by atoms with E-state index in [1.54, 1.807) is 17.0 Å². The number of carbonyl (C=O) groups excluding carboxylic acids is 3. The summed E-state index contributed by atoms with van der Waals surface area (Å²) < 4.78 is -0.459. The number of rotatable bonds is 6. The van der Waals surface area contributed by atoms with E-state index in [2.05, 4.69) is 41.2 Å². The molecule has 3 unspecified atom stereocenters. The van der Waals surface area contributed by atoms with Gasteiger partial charge in [0.25, 0.3) is 5.91 Å². The number of hydrogen-bond donors (Lipinski definition) is 5. The zero-order valence-corrected chi connectivity index (χ0v) is 26.1. The first-order valence-corrected chi connectivity index (χ1v) is 13.1. The van der Waals surface area contributed by atoms with Gasteiger partial charge in [0.1, 0.15) is 40.3 Å². The average molecular weight is 602 g/mol. The maximum absolute atomic E-state index is 13.6. The Hall–Kier alpha value is -3.15. The van der Waals surface area contributed by atoms with Crippen LogP contribution < -0.4 is 67.4 Å². The molecule has 2 aliphatic heterocycles. The Labute approximate surface area is 280 Å². The number of nitrogens with one attached hydrogen (secondary N) is 4. The van der Waals surface area contributed by atoms with E-state index in [0.29, 0.717) is 16.9 Å². The molecule has 41 heavy (non-hydrogen) atoms. The Morgan fingerprint density at radius 2 is 1.95 bits per heavy atom. The minimum absolute atomic E-state index is 0. The molecule has 206 valence electrons. The minimum Gasteiger partial charge on any atom is -1.00 e. The number of amides is 3. The van der Waals surface area contributed by atoms with Crippen molar-refractivity contribution < 1.29 is 72.3 Å². The van der Waals surface area contributed by atoms with Crippen molar-refractivity contribution in [1.82, 2.24) is 46.1 Å². The third kappa shape index (κ3) is 5.19. The zero-order chi connectivity index (χ0) is 28.2. The predicted molar refractivity (Wildman–Crippen MR) is 143 cm³/mol. The summed E-state index contributed by atoms with van der Waals surface area (Å²) in [5, 5.41) is 28.9. The third-order valence-electron chi connectivity index (χ3n) is 6.99. The van der Waals surface area contributed by atoms with Crippen LogP contribution in [0.3, 0.4) is 0 Å². The van der Waals surface area contributed by atoms with Crippen molar-refractivity contribution in [3.05, 3.63) is 76.0 Å². The van der Waals surface area contributed by atoms with E-state index in [0.717, 1.165) is 0 Å². The molecule has 5 N–H and O–H groups in total. The number of fused-ring (bicyclic) bond motifs is 2. The van der Waals surface area contributed by atoms with Crippen LogP contribution >= 0.6 is 11.8 Å². The number of aromatic amines is 2. The summed E-state index contributed by atoms with van der Waals surface area (Å²) in [7, 11) is 0. The Morgan fingerprint density at radius 1 is 1.20 bits per heavy atom. The molecule has 3 aromatic heterocycles. The second-order valence-corrected chi connectivity index (χ2v) is 11.7. The van der Waals surface area contributed by atoms with Crippen LogP contribution in [0.15, 0.2) is 53.6 Å². The molecule has 2 fully saturated rings. The molecule has 0 saturated carbocycles. The fourth-order valence-corrected chi connectivity index (χ4v) is 6.71.